The summed E-state index contributed by atoms with van der Waals surface area (Å²) in [6, 6.07) is 12.9. The van der Waals surface area contributed by atoms with E-state index in [0.29, 0.717) is 11.5 Å². The van der Waals surface area contributed by atoms with Gasteiger partial charge in [0.2, 0.25) is 0 Å². The second-order valence-electron chi connectivity index (χ2n) is 3.50. The van der Waals surface area contributed by atoms with Crippen LogP contribution in [0.5, 0.6) is 17.2 Å². The molecule has 0 aliphatic carbocycles. The van der Waals surface area contributed by atoms with Gasteiger partial charge in [-0.3, -0.25) is 0 Å². The first kappa shape index (κ1) is 11.9. The molecule has 0 spiro atoms. The number of nitrogens with zero attached hydrogens (tertiary/aromatic N) is 1. The van der Waals surface area contributed by atoms with Crippen molar-refractivity contribution in [2.75, 3.05) is 7.11 Å². The average Bonchev–Trinajstić information content (AvgIpc) is 2.40. The number of hydrogen-bond acceptors (Lipinski definition) is 3. The maximum absolute atomic E-state index is 13.3. The summed E-state index contributed by atoms with van der Waals surface area (Å²) in [5.41, 5.74) is -0.103. The van der Waals surface area contributed by atoms with Gasteiger partial charge >= 0.3 is 0 Å². The van der Waals surface area contributed by atoms with E-state index in [0.717, 1.165) is 0 Å². The molecule has 2 aromatic carbocycles. The van der Waals surface area contributed by atoms with Crippen molar-refractivity contribution < 1.29 is 13.9 Å². The minimum absolute atomic E-state index is 0.103. The van der Waals surface area contributed by atoms with Crippen LogP contribution in [0, 0.1) is 17.1 Å². The smallest absolute Gasteiger partial charge is 0.148 e. The Bertz CT molecular complexity index is 588. The number of nitriles is 1. The van der Waals surface area contributed by atoms with Gasteiger partial charge in [0.25, 0.3) is 0 Å². The standard InChI is InChI=1S/C14H10FNO2/c1-17-10-5-7-11(8-6-10)18-14-4-2-3-13(15)12(14)9-16/h2-8H,1H3. The van der Waals surface area contributed by atoms with E-state index in [2.05, 4.69) is 0 Å². The highest BCUT2D eigenvalue weighted by molar-refractivity contribution is 5.46. The Hall–Kier alpha value is -2.54. The number of hydrogen-bond donors (Lipinski definition) is 0. The molecule has 0 saturated heterocycles. The fraction of sp³-hybridized carbons (Fsp3) is 0.0714. The average molecular weight is 243 g/mol. The van der Waals surface area contributed by atoms with Crippen LogP contribution in [-0.4, -0.2) is 7.11 Å². The number of rotatable bonds is 3. The quantitative estimate of drug-likeness (QED) is 0.828. The Morgan fingerprint density at radius 1 is 1.06 bits per heavy atom. The van der Waals surface area contributed by atoms with E-state index in [9.17, 15) is 4.39 Å². The maximum Gasteiger partial charge on any atom is 0.148 e. The molecule has 0 bridgehead atoms. The summed E-state index contributed by atoms with van der Waals surface area (Å²) in [6.45, 7) is 0. The largest absolute Gasteiger partial charge is 0.497 e. The van der Waals surface area contributed by atoms with Gasteiger partial charge in [0.1, 0.15) is 34.7 Å². The Labute approximate surface area is 104 Å². The summed E-state index contributed by atoms with van der Waals surface area (Å²) in [5, 5.41) is 8.87. The SMILES string of the molecule is COc1ccc(Oc2cccc(F)c2C#N)cc1. The van der Waals surface area contributed by atoms with Crippen molar-refractivity contribution in [3.63, 3.8) is 0 Å². The van der Waals surface area contributed by atoms with Gasteiger partial charge < -0.3 is 9.47 Å². The summed E-state index contributed by atoms with van der Waals surface area (Å²) < 4.78 is 23.8. The highest BCUT2D eigenvalue weighted by Gasteiger charge is 2.09. The summed E-state index contributed by atoms with van der Waals surface area (Å²) in [4.78, 5) is 0. The Balaban J connectivity index is 2.28. The third-order valence-electron chi connectivity index (χ3n) is 2.37. The molecule has 0 heterocycles. The lowest BCUT2D eigenvalue weighted by Crippen LogP contribution is -1.91. The molecular formula is C14H10FNO2. The predicted molar refractivity (Wildman–Crippen MR) is 64.2 cm³/mol. The van der Waals surface area contributed by atoms with Gasteiger partial charge in [-0.2, -0.15) is 5.26 Å². The Morgan fingerprint density at radius 3 is 2.33 bits per heavy atom. The van der Waals surface area contributed by atoms with Crippen LogP contribution in [0.25, 0.3) is 0 Å². The van der Waals surface area contributed by atoms with Crippen molar-refractivity contribution in [1.29, 1.82) is 5.26 Å². The zero-order valence-corrected chi connectivity index (χ0v) is 9.68. The molecule has 0 saturated carbocycles. The fourth-order valence-corrected chi connectivity index (χ4v) is 1.47. The van der Waals surface area contributed by atoms with E-state index in [1.807, 2.05) is 0 Å². The van der Waals surface area contributed by atoms with Crippen molar-refractivity contribution >= 4 is 0 Å². The lowest BCUT2D eigenvalue weighted by molar-refractivity contribution is 0.412. The van der Waals surface area contributed by atoms with Gasteiger partial charge in [0.15, 0.2) is 0 Å². The molecule has 0 N–H and O–H groups in total. The first-order valence-electron chi connectivity index (χ1n) is 5.25. The van der Waals surface area contributed by atoms with Crippen molar-refractivity contribution in [3.8, 4) is 23.3 Å². The number of halogens is 1. The van der Waals surface area contributed by atoms with Crippen LogP contribution in [0.3, 0.4) is 0 Å². The lowest BCUT2D eigenvalue weighted by Gasteiger charge is -2.08. The monoisotopic (exact) mass is 243 g/mol. The molecule has 0 amide bonds. The number of methoxy groups -OCH3 is 1. The van der Waals surface area contributed by atoms with Gasteiger partial charge in [-0.15, -0.1) is 0 Å². The second-order valence-corrected chi connectivity index (χ2v) is 3.50. The number of ether oxygens (including phenoxy) is 2. The summed E-state index contributed by atoms with van der Waals surface area (Å²) in [7, 11) is 1.57. The highest BCUT2D eigenvalue weighted by Crippen LogP contribution is 2.27. The fourth-order valence-electron chi connectivity index (χ4n) is 1.47. The van der Waals surface area contributed by atoms with E-state index in [4.69, 9.17) is 14.7 Å². The third kappa shape index (κ3) is 2.41. The van der Waals surface area contributed by atoms with Crippen molar-refractivity contribution in [2.45, 2.75) is 0 Å². The normalized spacial score (nSPS) is 9.61. The van der Waals surface area contributed by atoms with Gasteiger partial charge in [-0.1, -0.05) is 6.07 Å². The Morgan fingerprint density at radius 2 is 1.72 bits per heavy atom. The van der Waals surface area contributed by atoms with Crippen molar-refractivity contribution in [3.05, 3.63) is 53.8 Å². The van der Waals surface area contributed by atoms with E-state index in [-0.39, 0.29) is 11.3 Å². The maximum atomic E-state index is 13.3. The van der Waals surface area contributed by atoms with Crippen LogP contribution in [-0.2, 0) is 0 Å². The minimum atomic E-state index is -0.594. The van der Waals surface area contributed by atoms with Crippen LogP contribution in [0.15, 0.2) is 42.5 Å². The molecule has 90 valence electrons. The van der Waals surface area contributed by atoms with Crippen LogP contribution >= 0.6 is 0 Å². The summed E-state index contributed by atoms with van der Waals surface area (Å²) in [6.07, 6.45) is 0. The topological polar surface area (TPSA) is 42.2 Å². The molecule has 0 radical (unpaired) electrons. The first-order valence-corrected chi connectivity index (χ1v) is 5.25. The van der Waals surface area contributed by atoms with E-state index in [1.165, 1.54) is 12.1 Å². The summed E-state index contributed by atoms with van der Waals surface area (Å²) in [5.74, 6) is 0.811. The van der Waals surface area contributed by atoms with Gasteiger partial charge in [-0.05, 0) is 36.4 Å². The molecule has 2 rings (SSSR count). The second kappa shape index (κ2) is 5.19. The molecule has 0 unspecified atom stereocenters. The highest BCUT2D eigenvalue weighted by atomic mass is 19.1. The van der Waals surface area contributed by atoms with Crippen LogP contribution in [0.4, 0.5) is 4.39 Å². The third-order valence-corrected chi connectivity index (χ3v) is 2.37. The molecule has 0 aliphatic rings. The number of benzene rings is 2. The van der Waals surface area contributed by atoms with E-state index >= 15 is 0 Å². The summed E-state index contributed by atoms with van der Waals surface area (Å²) >= 11 is 0. The van der Waals surface area contributed by atoms with Gasteiger partial charge in [0, 0.05) is 0 Å². The van der Waals surface area contributed by atoms with Crippen molar-refractivity contribution in [2.24, 2.45) is 0 Å². The van der Waals surface area contributed by atoms with Crippen molar-refractivity contribution in [1.82, 2.24) is 0 Å². The zero-order chi connectivity index (χ0) is 13.0. The molecule has 0 aliphatic heterocycles. The van der Waals surface area contributed by atoms with Gasteiger partial charge in [-0.25, -0.2) is 4.39 Å². The van der Waals surface area contributed by atoms with Gasteiger partial charge in [0.05, 0.1) is 7.11 Å². The lowest BCUT2D eigenvalue weighted by atomic mass is 10.2. The van der Waals surface area contributed by atoms with Crippen LogP contribution < -0.4 is 9.47 Å². The molecule has 4 heteroatoms. The van der Waals surface area contributed by atoms with Crippen LogP contribution in [0.1, 0.15) is 5.56 Å². The molecule has 3 nitrogen and oxygen atoms in total. The minimum Gasteiger partial charge on any atom is -0.497 e. The van der Waals surface area contributed by atoms with Crippen LogP contribution in [0.2, 0.25) is 0 Å². The van der Waals surface area contributed by atoms with E-state index < -0.39 is 5.82 Å². The Kier molecular flexibility index (Phi) is 3.44. The molecule has 18 heavy (non-hydrogen) atoms. The molecule has 0 fully saturated rings. The molecule has 0 atom stereocenters. The predicted octanol–water partition coefficient (Wildman–Crippen LogP) is 3.50. The first-order chi connectivity index (χ1) is 8.74. The molecule has 0 aromatic heterocycles. The van der Waals surface area contributed by atoms with E-state index in [1.54, 1.807) is 43.5 Å². The zero-order valence-electron chi connectivity index (χ0n) is 9.68. The molecule has 2 aromatic rings. The molecular weight excluding hydrogens is 233 g/mol.